The van der Waals surface area contributed by atoms with Crippen LogP contribution in [0.25, 0.3) is 0 Å². The van der Waals surface area contributed by atoms with Crippen molar-refractivity contribution in [3.63, 3.8) is 0 Å². The third-order valence-electron chi connectivity index (χ3n) is 3.54. The highest BCUT2D eigenvalue weighted by Crippen LogP contribution is 2.30. The summed E-state index contributed by atoms with van der Waals surface area (Å²) in [4.78, 5) is 21.8. The summed E-state index contributed by atoms with van der Waals surface area (Å²) in [6, 6.07) is -0.0169. The number of nitro groups is 1. The molecule has 2 heterocycles. The van der Waals surface area contributed by atoms with E-state index in [0.717, 1.165) is 32.6 Å². The Kier molecular flexibility index (Phi) is 5.47. The molecule has 1 saturated heterocycles. The Labute approximate surface area is 122 Å². The Morgan fingerprint density at radius 3 is 2.71 bits per heavy atom. The Morgan fingerprint density at radius 2 is 2.24 bits per heavy atom. The van der Waals surface area contributed by atoms with Gasteiger partial charge in [0.1, 0.15) is 6.20 Å². The number of nitrogens with zero attached hydrogens (tertiary/aromatic N) is 4. The molecule has 1 aromatic heterocycles. The van der Waals surface area contributed by atoms with Crippen LogP contribution in [0.2, 0.25) is 12.6 Å². The van der Waals surface area contributed by atoms with E-state index in [0.29, 0.717) is 0 Å². The minimum atomic E-state index is -0.818. The first-order valence-electron chi connectivity index (χ1n) is 6.28. The molecule has 1 aliphatic rings. The van der Waals surface area contributed by atoms with Crippen LogP contribution in [-0.4, -0.2) is 34.5 Å². The second-order valence-corrected chi connectivity index (χ2v) is 4.73. The van der Waals surface area contributed by atoms with E-state index >= 15 is 0 Å². The van der Waals surface area contributed by atoms with Crippen molar-refractivity contribution in [3.8, 4) is 5.97 Å². The maximum Gasteiger partial charge on any atom is 0.365 e. The molecule has 0 amide bonds. The van der Waals surface area contributed by atoms with Gasteiger partial charge in [-0.1, -0.05) is 20.1 Å². The number of hydrogen-bond acceptors (Lipinski definition) is 6. The normalized spacial score (nSPS) is 15.0. The number of aromatic nitrogens is 2. The molecule has 0 unspecified atom stereocenters. The highest BCUT2D eigenvalue weighted by molar-refractivity contribution is 6.67. The van der Waals surface area contributed by atoms with E-state index in [-0.39, 0.29) is 31.6 Å². The van der Waals surface area contributed by atoms with E-state index in [1.165, 1.54) is 10.9 Å². The largest absolute Gasteiger partial charge is 0.464 e. The summed E-state index contributed by atoms with van der Waals surface area (Å²) in [5.74, 6) is 1.41. The molecule has 2 rings (SSSR count). The van der Waals surface area contributed by atoms with Crippen LogP contribution in [0, 0.1) is 21.3 Å². The number of carbonyl (C=O) groups is 1. The first-order chi connectivity index (χ1) is 9.56. The Balaban J connectivity index is 0.00000220. The minimum Gasteiger partial charge on any atom is -0.464 e. The second kappa shape index (κ2) is 6.88. The predicted molar refractivity (Wildman–Crippen MR) is 76.2 cm³/mol. The molecular weight excluding hydrogens is 275 g/mol. The zero-order valence-electron chi connectivity index (χ0n) is 11.0. The number of ether oxygens (including phenoxy) is 1. The summed E-state index contributed by atoms with van der Waals surface area (Å²) in [5, 5.41) is 23.8. The van der Waals surface area contributed by atoms with Crippen LogP contribution in [0.15, 0.2) is 6.20 Å². The van der Waals surface area contributed by atoms with Gasteiger partial charge in [0.15, 0.2) is 0 Å². The molecule has 0 spiro atoms. The minimum absolute atomic E-state index is 0. The molecule has 0 N–H and O–H groups in total. The topological polar surface area (TPSA) is 111 Å². The van der Waals surface area contributed by atoms with Gasteiger partial charge in [0.05, 0.1) is 18.1 Å². The SMILES string of the molecule is C.COC(=O)c1nn(C2CCB(C#N)CC2)cc1[N+](=O)[O-]. The summed E-state index contributed by atoms with van der Waals surface area (Å²) < 4.78 is 5.96. The lowest BCUT2D eigenvalue weighted by Gasteiger charge is -2.23. The smallest absolute Gasteiger partial charge is 0.365 e. The van der Waals surface area contributed by atoms with E-state index < -0.39 is 10.9 Å². The molecule has 8 nitrogen and oxygen atoms in total. The lowest BCUT2D eigenvalue weighted by molar-refractivity contribution is -0.385. The van der Waals surface area contributed by atoms with Gasteiger partial charge in [-0.2, -0.15) is 5.10 Å². The summed E-state index contributed by atoms with van der Waals surface area (Å²) in [7, 11) is 1.16. The van der Waals surface area contributed by atoms with Crippen molar-refractivity contribution in [1.29, 1.82) is 5.26 Å². The molecule has 21 heavy (non-hydrogen) atoms. The highest BCUT2D eigenvalue weighted by Gasteiger charge is 2.31. The third kappa shape index (κ3) is 3.39. The number of methoxy groups -OCH3 is 1. The zero-order chi connectivity index (χ0) is 14.7. The Bertz CT molecular complexity index is 572. The first kappa shape index (κ1) is 16.7. The van der Waals surface area contributed by atoms with Crippen molar-refractivity contribution in [2.75, 3.05) is 7.11 Å². The molecule has 0 radical (unpaired) electrons. The molecule has 0 aliphatic carbocycles. The third-order valence-corrected chi connectivity index (χ3v) is 3.54. The van der Waals surface area contributed by atoms with Gasteiger partial charge in [0.2, 0.25) is 5.69 Å². The van der Waals surface area contributed by atoms with Gasteiger partial charge in [0.25, 0.3) is 6.71 Å². The molecule has 9 heteroatoms. The van der Waals surface area contributed by atoms with Crippen LogP contribution in [0.1, 0.15) is 36.8 Å². The van der Waals surface area contributed by atoms with Crippen molar-refractivity contribution >= 4 is 18.4 Å². The summed E-state index contributed by atoms with van der Waals surface area (Å²) in [5.41, 5.74) is -0.626. The van der Waals surface area contributed by atoms with E-state index in [4.69, 9.17) is 5.26 Å². The monoisotopic (exact) mass is 292 g/mol. The predicted octanol–water partition coefficient (Wildman–Crippen LogP) is 2.11. The van der Waals surface area contributed by atoms with Crippen molar-refractivity contribution in [2.45, 2.75) is 39.0 Å². The summed E-state index contributed by atoms with van der Waals surface area (Å²) >= 11 is 0. The van der Waals surface area contributed by atoms with Crippen LogP contribution in [0.4, 0.5) is 5.69 Å². The van der Waals surface area contributed by atoms with Crippen molar-refractivity contribution < 1.29 is 14.5 Å². The number of nitriles is 1. The molecular formula is C12H17BN4O4. The maximum absolute atomic E-state index is 11.5. The molecule has 112 valence electrons. The molecule has 0 aromatic carbocycles. The van der Waals surface area contributed by atoms with Crippen LogP contribution in [0.3, 0.4) is 0 Å². The zero-order valence-corrected chi connectivity index (χ0v) is 11.0. The summed E-state index contributed by atoms with van der Waals surface area (Å²) in [6.07, 6.45) is 4.18. The Hall–Kier alpha value is -2.37. The first-order valence-corrected chi connectivity index (χ1v) is 6.28. The number of rotatable bonds is 3. The van der Waals surface area contributed by atoms with Gasteiger partial charge in [0, 0.05) is 5.97 Å². The second-order valence-electron chi connectivity index (χ2n) is 4.73. The lowest BCUT2D eigenvalue weighted by Crippen LogP contribution is -2.23. The number of hydrogen-bond donors (Lipinski definition) is 0. The maximum atomic E-state index is 11.5. The number of carbonyl (C=O) groups excluding carboxylic acids is 1. The van der Waals surface area contributed by atoms with E-state index in [1.54, 1.807) is 0 Å². The van der Waals surface area contributed by atoms with Crippen LogP contribution in [-0.2, 0) is 4.74 Å². The standard InChI is InChI=1S/C11H13BN4O4.CH4/c1-20-11(17)10-9(16(18)19)6-15(14-10)8-2-4-12(7-13)5-3-8;/h6,8H,2-5H2,1H3;1H4. The molecule has 0 atom stereocenters. The summed E-state index contributed by atoms with van der Waals surface area (Å²) in [6.45, 7) is 0.0388. The molecule has 1 fully saturated rings. The van der Waals surface area contributed by atoms with E-state index in [2.05, 4.69) is 15.8 Å². The van der Waals surface area contributed by atoms with E-state index in [9.17, 15) is 14.9 Å². The Morgan fingerprint density at radius 1 is 1.62 bits per heavy atom. The number of esters is 1. The quantitative estimate of drug-likeness (QED) is 0.365. The van der Waals surface area contributed by atoms with Gasteiger partial charge in [-0.3, -0.25) is 14.8 Å². The van der Waals surface area contributed by atoms with Crippen LogP contribution in [0.5, 0.6) is 0 Å². The molecule has 0 saturated carbocycles. The average molecular weight is 292 g/mol. The average Bonchev–Trinajstić information content (AvgIpc) is 2.92. The fourth-order valence-corrected chi connectivity index (χ4v) is 2.41. The fraction of sp³-hybridized carbons (Fsp3) is 0.583. The van der Waals surface area contributed by atoms with Crippen LogP contribution < -0.4 is 0 Å². The lowest BCUT2D eigenvalue weighted by atomic mass is 9.42. The highest BCUT2D eigenvalue weighted by atomic mass is 16.6. The molecule has 0 bridgehead atoms. The van der Waals surface area contributed by atoms with E-state index in [1.807, 2.05) is 0 Å². The van der Waals surface area contributed by atoms with Crippen molar-refractivity contribution in [3.05, 3.63) is 22.0 Å². The fourth-order valence-electron chi connectivity index (χ4n) is 2.41. The van der Waals surface area contributed by atoms with Crippen molar-refractivity contribution in [2.24, 2.45) is 0 Å². The van der Waals surface area contributed by atoms with Gasteiger partial charge < -0.3 is 4.74 Å². The van der Waals surface area contributed by atoms with Gasteiger partial charge >= 0.3 is 11.7 Å². The van der Waals surface area contributed by atoms with Crippen molar-refractivity contribution in [1.82, 2.24) is 9.78 Å². The molecule has 1 aliphatic heterocycles. The molecule has 1 aromatic rings. The van der Waals surface area contributed by atoms with Gasteiger partial charge in [-0.05, 0) is 12.8 Å². The van der Waals surface area contributed by atoms with Gasteiger partial charge in [-0.25, -0.2) is 10.1 Å². The van der Waals surface area contributed by atoms with Crippen LogP contribution >= 0.6 is 0 Å². The van der Waals surface area contributed by atoms with Gasteiger partial charge in [-0.15, -0.1) is 0 Å².